The Morgan fingerprint density at radius 2 is 1.95 bits per heavy atom. The summed E-state index contributed by atoms with van der Waals surface area (Å²) < 4.78 is 10.8. The fraction of sp³-hybridized carbons (Fsp3) is 0.250. The fourth-order valence-electron chi connectivity index (χ4n) is 1.87. The molecule has 0 radical (unpaired) electrons. The van der Waals surface area contributed by atoms with Gasteiger partial charge in [0.15, 0.2) is 17.3 Å². The van der Waals surface area contributed by atoms with Gasteiger partial charge in [-0.1, -0.05) is 6.07 Å². The summed E-state index contributed by atoms with van der Waals surface area (Å²) in [6.07, 6.45) is 5.50. The van der Waals surface area contributed by atoms with E-state index in [1.807, 2.05) is 38.1 Å². The average Bonchev–Trinajstić information content (AvgIpc) is 2.49. The quantitative estimate of drug-likeness (QED) is 0.834. The van der Waals surface area contributed by atoms with Crippen molar-refractivity contribution in [1.29, 1.82) is 0 Å². The van der Waals surface area contributed by atoms with Crippen LogP contribution in [-0.4, -0.2) is 23.7 Å². The van der Waals surface area contributed by atoms with Crippen LogP contribution in [0.3, 0.4) is 0 Å². The third-order valence-corrected chi connectivity index (χ3v) is 2.79. The lowest BCUT2D eigenvalue weighted by atomic mass is 10.1. The summed E-state index contributed by atoms with van der Waals surface area (Å²) in [6, 6.07) is 7.63. The molecule has 0 saturated heterocycles. The van der Waals surface area contributed by atoms with Crippen LogP contribution in [0.2, 0.25) is 0 Å². The van der Waals surface area contributed by atoms with E-state index in [0.717, 1.165) is 28.5 Å². The predicted octanol–water partition coefficient (Wildman–Crippen LogP) is 3.44. The molecule has 2 aromatic rings. The Hall–Kier alpha value is -2.36. The van der Waals surface area contributed by atoms with Gasteiger partial charge < -0.3 is 9.47 Å². The van der Waals surface area contributed by atoms with Gasteiger partial charge in [-0.25, -0.2) is 9.97 Å². The highest BCUT2D eigenvalue weighted by Crippen LogP contribution is 2.29. The predicted molar refractivity (Wildman–Crippen MR) is 79.7 cm³/mol. The molecule has 0 unspecified atom stereocenters. The van der Waals surface area contributed by atoms with Gasteiger partial charge in [-0.2, -0.15) is 0 Å². The van der Waals surface area contributed by atoms with Gasteiger partial charge in [0, 0.05) is 12.4 Å². The van der Waals surface area contributed by atoms with Crippen LogP contribution in [0.4, 0.5) is 0 Å². The van der Waals surface area contributed by atoms with Crippen molar-refractivity contribution in [3.05, 3.63) is 48.0 Å². The van der Waals surface area contributed by atoms with Crippen LogP contribution in [0, 0.1) is 0 Å². The van der Waals surface area contributed by atoms with E-state index in [2.05, 4.69) is 9.97 Å². The maximum absolute atomic E-state index is 5.57. The lowest BCUT2D eigenvalue weighted by molar-refractivity contribution is 0.311. The molecule has 0 aliphatic carbocycles. The Balaban J connectivity index is 2.31. The molecular weight excluding hydrogens is 252 g/mol. The van der Waals surface area contributed by atoms with Crippen LogP contribution in [0.5, 0.6) is 11.5 Å². The minimum absolute atomic E-state index is 0.601. The summed E-state index contributed by atoms with van der Waals surface area (Å²) in [5, 5.41) is 0. The Labute approximate surface area is 119 Å². The van der Waals surface area contributed by atoms with Gasteiger partial charge in [-0.3, -0.25) is 0 Å². The number of benzene rings is 1. The smallest absolute Gasteiger partial charge is 0.161 e. The molecule has 1 aromatic carbocycles. The van der Waals surface area contributed by atoms with Crippen LogP contribution >= 0.6 is 0 Å². The molecule has 0 aliphatic rings. The summed E-state index contributed by atoms with van der Waals surface area (Å²) in [5.41, 5.74) is 2.03. The second-order valence-corrected chi connectivity index (χ2v) is 4.24. The molecule has 4 nitrogen and oxygen atoms in total. The molecule has 0 saturated carbocycles. The molecule has 0 fully saturated rings. The van der Waals surface area contributed by atoms with Crippen molar-refractivity contribution in [2.24, 2.45) is 0 Å². The number of methoxy groups -OCH3 is 1. The molecule has 4 heteroatoms. The Morgan fingerprint density at radius 1 is 1.20 bits per heavy atom. The first kappa shape index (κ1) is 14.1. The number of aromatic nitrogens is 2. The van der Waals surface area contributed by atoms with Crippen molar-refractivity contribution in [2.75, 3.05) is 13.7 Å². The highest BCUT2D eigenvalue weighted by Gasteiger charge is 2.05. The third-order valence-electron chi connectivity index (χ3n) is 2.79. The number of hydrogen-bond acceptors (Lipinski definition) is 4. The number of nitrogens with zero attached hydrogens (tertiary/aromatic N) is 2. The Bertz CT molecular complexity index is 595. The van der Waals surface area contributed by atoms with E-state index in [-0.39, 0.29) is 0 Å². The van der Waals surface area contributed by atoms with Crippen molar-refractivity contribution in [3.63, 3.8) is 0 Å². The van der Waals surface area contributed by atoms with Gasteiger partial charge >= 0.3 is 0 Å². The molecule has 0 spiro atoms. The molecule has 0 aliphatic heterocycles. The minimum Gasteiger partial charge on any atom is -0.493 e. The van der Waals surface area contributed by atoms with E-state index < -0.39 is 0 Å². The lowest BCUT2D eigenvalue weighted by Gasteiger charge is -2.10. The maximum Gasteiger partial charge on any atom is 0.161 e. The minimum atomic E-state index is 0.601. The first-order valence-electron chi connectivity index (χ1n) is 6.51. The van der Waals surface area contributed by atoms with Crippen LogP contribution < -0.4 is 9.47 Å². The van der Waals surface area contributed by atoms with E-state index in [9.17, 15) is 0 Å². The number of allylic oxidation sites excluding steroid dienone is 1. The van der Waals surface area contributed by atoms with Crippen molar-refractivity contribution in [3.8, 4) is 11.5 Å². The third kappa shape index (κ3) is 3.35. The summed E-state index contributed by atoms with van der Waals surface area (Å²) in [4.78, 5) is 8.46. The SMILES string of the molecule is CCOc1cc(C=C(C)c2ncccn2)ccc1OC. The standard InChI is InChI=1S/C16H18N2O2/c1-4-20-15-11-13(6-7-14(15)19-3)10-12(2)16-17-8-5-9-18-16/h5-11H,4H2,1-3H3. The molecule has 0 amide bonds. The second kappa shape index (κ2) is 6.70. The van der Waals surface area contributed by atoms with Crippen molar-refractivity contribution < 1.29 is 9.47 Å². The largest absolute Gasteiger partial charge is 0.493 e. The summed E-state index contributed by atoms with van der Waals surface area (Å²) >= 11 is 0. The van der Waals surface area contributed by atoms with Gasteiger partial charge in [-0.05, 0) is 49.3 Å². The zero-order chi connectivity index (χ0) is 14.4. The highest BCUT2D eigenvalue weighted by molar-refractivity contribution is 5.77. The second-order valence-electron chi connectivity index (χ2n) is 4.24. The summed E-state index contributed by atoms with van der Waals surface area (Å²) in [5.74, 6) is 2.20. The van der Waals surface area contributed by atoms with Crippen LogP contribution in [-0.2, 0) is 0 Å². The molecule has 0 bridgehead atoms. The molecule has 104 valence electrons. The monoisotopic (exact) mass is 270 g/mol. The van der Waals surface area contributed by atoms with E-state index >= 15 is 0 Å². The van der Waals surface area contributed by atoms with Gasteiger partial charge in [0.05, 0.1) is 13.7 Å². The number of hydrogen-bond donors (Lipinski definition) is 0. The fourth-order valence-corrected chi connectivity index (χ4v) is 1.87. The maximum atomic E-state index is 5.57. The van der Waals surface area contributed by atoms with E-state index in [0.29, 0.717) is 6.61 Å². The molecule has 0 atom stereocenters. The first-order valence-corrected chi connectivity index (χ1v) is 6.51. The topological polar surface area (TPSA) is 44.2 Å². The van der Waals surface area contributed by atoms with E-state index in [4.69, 9.17) is 9.47 Å². The van der Waals surface area contributed by atoms with Crippen LogP contribution in [0.25, 0.3) is 11.6 Å². The van der Waals surface area contributed by atoms with E-state index in [1.54, 1.807) is 25.6 Å². The van der Waals surface area contributed by atoms with Gasteiger partial charge in [0.2, 0.25) is 0 Å². The summed E-state index contributed by atoms with van der Waals surface area (Å²) in [6.45, 7) is 4.54. The van der Waals surface area contributed by atoms with Gasteiger partial charge in [0.1, 0.15) is 0 Å². The zero-order valence-corrected chi connectivity index (χ0v) is 12.0. The number of rotatable bonds is 5. The highest BCUT2D eigenvalue weighted by atomic mass is 16.5. The number of ether oxygens (including phenoxy) is 2. The van der Waals surface area contributed by atoms with Crippen molar-refractivity contribution in [2.45, 2.75) is 13.8 Å². The van der Waals surface area contributed by atoms with Crippen molar-refractivity contribution >= 4 is 11.6 Å². The zero-order valence-electron chi connectivity index (χ0n) is 12.0. The molecule has 1 aromatic heterocycles. The Morgan fingerprint density at radius 3 is 2.60 bits per heavy atom. The molecule has 0 N–H and O–H groups in total. The molecule has 2 rings (SSSR count). The van der Waals surface area contributed by atoms with Gasteiger partial charge in [-0.15, -0.1) is 0 Å². The van der Waals surface area contributed by atoms with Crippen LogP contribution in [0.1, 0.15) is 25.2 Å². The summed E-state index contributed by atoms with van der Waals surface area (Å²) in [7, 11) is 1.64. The Kier molecular flexibility index (Phi) is 4.71. The lowest BCUT2D eigenvalue weighted by Crippen LogP contribution is -1.95. The van der Waals surface area contributed by atoms with Crippen molar-refractivity contribution in [1.82, 2.24) is 9.97 Å². The molecule has 20 heavy (non-hydrogen) atoms. The van der Waals surface area contributed by atoms with Crippen LogP contribution in [0.15, 0.2) is 36.7 Å². The van der Waals surface area contributed by atoms with E-state index in [1.165, 1.54) is 0 Å². The molecular formula is C16H18N2O2. The average molecular weight is 270 g/mol. The normalized spacial score (nSPS) is 11.2. The van der Waals surface area contributed by atoms with Gasteiger partial charge in [0.25, 0.3) is 0 Å². The first-order chi connectivity index (χ1) is 9.74. The molecule has 1 heterocycles.